The van der Waals surface area contributed by atoms with Crippen molar-refractivity contribution >= 4 is 23.2 Å². The molecule has 0 fully saturated rings. The molecule has 1 amide bonds. The molecule has 0 radical (unpaired) electrons. The maximum Gasteiger partial charge on any atom is 0.416 e. The number of amides is 1. The van der Waals surface area contributed by atoms with Gasteiger partial charge in [0.25, 0.3) is 5.91 Å². The van der Waals surface area contributed by atoms with E-state index in [0.29, 0.717) is 0 Å². The number of benzene rings is 3. The zero-order chi connectivity index (χ0) is 20.8. The lowest BCUT2D eigenvalue weighted by Crippen LogP contribution is -2.24. The zero-order valence-corrected chi connectivity index (χ0v) is 14.7. The van der Waals surface area contributed by atoms with E-state index in [9.17, 15) is 27.6 Å². The average molecular weight is 395 g/mol. The molecule has 0 heterocycles. The fourth-order valence-electron chi connectivity index (χ4n) is 3.25. The maximum atomic E-state index is 12.9. The number of halogens is 3. The molecule has 0 saturated heterocycles. The van der Waals surface area contributed by atoms with Crippen LogP contribution in [0, 0.1) is 0 Å². The quantitative estimate of drug-likeness (QED) is 0.534. The topological polar surface area (TPSA) is 63.2 Å². The summed E-state index contributed by atoms with van der Waals surface area (Å²) in [4.78, 5) is 38.1. The van der Waals surface area contributed by atoms with E-state index in [-0.39, 0.29) is 39.3 Å². The van der Waals surface area contributed by atoms with E-state index in [2.05, 4.69) is 5.32 Å². The molecule has 0 spiro atoms. The highest BCUT2D eigenvalue weighted by Gasteiger charge is 2.32. The second kappa shape index (κ2) is 6.70. The number of anilines is 1. The summed E-state index contributed by atoms with van der Waals surface area (Å²) in [5.41, 5.74) is 0.00203. The number of fused-ring (bicyclic) bond motifs is 2. The first-order valence-corrected chi connectivity index (χ1v) is 8.57. The summed E-state index contributed by atoms with van der Waals surface area (Å²) in [6.45, 7) is 0. The number of nitrogens with one attached hydrogen (secondary N) is 1. The van der Waals surface area contributed by atoms with E-state index in [1.807, 2.05) is 0 Å². The lowest BCUT2D eigenvalue weighted by molar-refractivity contribution is -0.137. The highest BCUT2D eigenvalue weighted by atomic mass is 19.4. The van der Waals surface area contributed by atoms with Gasteiger partial charge in [0.15, 0.2) is 11.6 Å². The van der Waals surface area contributed by atoms with Crippen molar-refractivity contribution in [1.82, 2.24) is 0 Å². The van der Waals surface area contributed by atoms with Gasteiger partial charge in [-0.1, -0.05) is 36.4 Å². The van der Waals surface area contributed by atoms with Crippen LogP contribution in [0.25, 0.3) is 0 Å². The summed E-state index contributed by atoms with van der Waals surface area (Å²) in [7, 11) is 0. The predicted octanol–water partition coefficient (Wildman–Crippen LogP) is 4.73. The van der Waals surface area contributed by atoms with Crippen molar-refractivity contribution in [2.24, 2.45) is 0 Å². The molecule has 0 unspecified atom stereocenters. The second-order valence-electron chi connectivity index (χ2n) is 6.46. The summed E-state index contributed by atoms with van der Waals surface area (Å²) < 4.78 is 38.1. The van der Waals surface area contributed by atoms with Gasteiger partial charge in [-0.2, -0.15) is 13.2 Å². The number of carbonyl (C=O) groups is 3. The largest absolute Gasteiger partial charge is 0.416 e. The number of carbonyl (C=O) groups excluding carboxylic acids is 3. The number of ketones is 2. The minimum absolute atomic E-state index is 0.00871. The lowest BCUT2D eigenvalue weighted by atomic mass is 9.83. The monoisotopic (exact) mass is 395 g/mol. The van der Waals surface area contributed by atoms with Crippen molar-refractivity contribution in [3.05, 3.63) is 100 Å². The molecule has 3 aromatic carbocycles. The van der Waals surface area contributed by atoms with Crippen LogP contribution in [0.5, 0.6) is 0 Å². The lowest BCUT2D eigenvalue weighted by Gasteiger charge is -2.20. The van der Waals surface area contributed by atoms with Crippen LogP contribution in [0.2, 0.25) is 0 Å². The molecule has 1 aliphatic carbocycles. The number of rotatable bonds is 2. The molecule has 4 nitrogen and oxygen atoms in total. The zero-order valence-electron chi connectivity index (χ0n) is 14.7. The van der Waals surface area contributed by atoms with Gasteiger partial charge in [-0.3, -0.25) is 14.4 Å². The van der Waals surface area contributed by atoms with E-state index in [1.54, 1.807) is 18.2 Å². The molecular formula is C22H12F3NO3. The second-order valence-corrected chi connectivity index (χ2v) is 6.46. The Bertz CT molecular complexity index is 1160. The Kier molecular flexibility index (Phi) is 4.30. The van der Waals surface area contributed by atoms with Crippen LogP contribution in [0.3, 0.4) is 0 Å². The van der Waals surface area contributed by atoms with E-state index in [1.165, 1.54) is 24.3 Å². The van der Waals surface area contributed by atoms with Gasteiger partial charge in [0, 0.05) is 22.3 Å². The number of hydrogen-bond donors (Lipinski definition) is 1. The molecule has 29 heavy (non-hydrogen) atoms. The SMILES string of the molecule is O=C(Nc1cccc2c1C(=O)c1ccccc1C2=O)c1ccc(C(F)(F)F)cc1. The Morgan fingerprint density at radius 2 is 1.31 bits per heavy atom. The Morgan fingerprint density at radius 1 is 0.724 bits per heavy atom. The van der Waals surface area contributed by atoms with E-state index >= 15 is 0 Å². The molecule has 0 atom stereocenters. The third-order valence-corrected chi connectivity index (χ3v) is 4.68. The Morgan fingerprint density at radius 3 is 1.93 bits per heavy atom. The van der Waals surface area contributed by atoms with Crippen LogP contribution in [-0.4, -0.2) is 17.5 Å². The fourth-order valence-corrected chi connectivity index (χ4v) is 3.25. The van der Waals surface area contributed by atoms with Crippen molar-refractivity contribution < 1.29 is 27.6 Å². The summed E-state index contributed by atoms with van der Waals surface area (Å²) in [6, 6.07) is 14.6. The van der Waals surface area contributed by atoms with Crippen molar-refractivity contribution in [1.29, 1.82) is 0 Å². The number of alkyl halides is 3. The fraction of sp³-hybridized carbons (Fsp3) is 0.0455. The molecular weight excluding hydrogens is 383 g/mol. The van der Waals surface area contributed by atoms with Crippen LogP contribution in [0.1, 0.15) is 47.8 Å². The van der Waals surface area contributed by atoms with Gasteiger partial charge in [-0.05, 0) is 30.3 Å². The summed E-state index contributed by atoms with van der Waals surface area (Å²) >= 11 is 0. The van der Waals surface area contributed by atoms with Gasteiger partial charge >= 0.3 is 6.18 Å². The van der Waals surface area contributed by atoms with Gasteiger partial charge in [-0.25, -0.2) is 0 Å². The highest BCUT2D eigenvalue weighted by molar-refractivity contribution is 6.30. The first-order chi connectivity index (χ1) is 13.8. The van der Waals surface area contributed by atoms with Crippen LogP contribution >= 0.6 is 0 Å². The summed E-state index contributed by atoms with van der Waals surface area (Å²) in [6.07, 6.45) is -4.51. The summed E-state index contributed by atoms with van der Waals surface area (Å²) in [5, 5.41) is 2.53. The summed E-state index contributed by atoms with van der Waals surface area (Å²) in [5.74, 6) is -1.43. The maximum absolute atomic E-state index is 12.9. The minimum atomic E-state index is -4.51. The normalized spacial score (nSPS) is 12.9. The van der Waals surface area contributed by atoms with E-state index < -0.39 is 23.4 Å². The first kappa shape index (κ1) is 18.6. The van der Waals surface area contributed by atoms with E-state index in [4.69, 9.17) is 0 Å². The van der Waals surface area contributed by atoms with Gasteiger partial charge in [0.1, 0.15) is 0 Å². The molecule has 3 aromatic rings. The third kappa shape index (κ3) is 3.20. The Labute approximate surface area is 163 Å². The van der Waals surface area contributed by atoms with Crippen molar-refractivity contribution in [3.63, 3.8) is 0 Å². The van der Waals surface area contributed by atoms with E-state index in [0.717, 1.165) is 24.3 Å². The standard InChI is InChI=1S/C22H12F3NO3/c23-22(24,25)13-10-8-12(9-11-13)21(29)26-17-7-3-6-16-18(17)20(28)15-5-2-1-4-14(15)19(16)27/h1-11H,(H,26,29). The van der Waals surface area contributed by atoms with Crippen molar-refractivity contribution in [2.75, 3.05) is 5.32 Å². The van der Waals surface area contributed by atoms with Crippen molar-refractivity contribution in [3.8, 4) is 0 Å². The Hall–Kier alpha value is -3.74. The smallest absolute Gasteiger partial charge is 0.321 e. The van der Waals surface area contributed by atoms with Gasteiger partial charge < -0.3 is 5.32 Å². The molecule has 0 saturated carbocycles. The molecule has 4 rings (SSSR count). The first-order valence-electron chi connectivity index (χ1n) is 8.57. The van der Waals surface area contributed by atoms with Gasteiger partial charge in [0.2, 0.25) is 0 Å². The Balaban J connectivity index is 1.68. The molecule has 0 aliphatic heterocycles. The number of hydrogen-bond acceptors (Lipinski definition) is 3. The predicted molar refractivity (Wildman–Crippen MR) is 99.1 cm³/mol. The molecule has 7 heteroatoms. The van der Waals surface area contributed by atoms with Gasteiger partial charge in [-0.15, -0.1) is 0 Å². The average Bonchev–Trinajstić information content (AvgIpc) is 2.71. The molecule has 0 bridgehead atoms. The highest BCUT2D eigenvalue weighted by Crippen LogP contribution is 2.32. The molecule has 0 aromatic heterocycles. The van der Waals surface area contributed by atoms with Crippen LogP contribution in [0.4, 0.5) is 18.9 Å². The molecule has 1 aliphatic rings. The van der Waals surface area contributed by atoms with Crippen LogP contribution < -0.4 is 5.32 Å². The molecule has 144 valence electrons. The molecule has 1 N–H and O–H groups in total. The van der Waals surface area contributed by atoms with Crippen LogP contribution in [0.15, 0.2) is 66.7 Å². The van der Waals surface area contributed by atoms with Crippen molar-refractivity contribution in [2.45, 2.75) is 6.18 Å². The third-order valence-electron chi connectivity index (χ3n) is 4.68. The van der Waals surface area contributed by atoms with Crippen LogP contribution in [-0.2, 0) is 6.18 Å². The minimum Gasteiger partial charge on any atom is -0.321 e. The van der Waals surface area contributed by atoms with Gasteiger partial charge in [0.05, 0.1) is 16.8 Å².